The lowest BCUT2D eigenvalue weighted by Gasteiger charge is -2.25. The summed E-state index contributed by atoms with van der Waals surface area (Å²) in [6, 6.07) is 5.12. The van der Waals surface area contributed by atoms with E-state index in [4.69, 9.17) is 25.7 Å². The predicted molar refractivity (Wildman–Crippen MR) is 148 cm³/mol. The Labute approximate surface area is 221 Å². The summed E-state index contributed by atoms with van der Waals surface area (Å²) in [6.45, 7) is 0.780. The third-order valence-electron chi connectivity index (χ3n) is 6.46. The van der Waals surface area contributed by atoms with Gasteiger partial charge in [0.1, 0.15) is 0 Å². The van der Waals surface area contributed by atoms with E-state index in [1.807, 2.05) is 18.2 Å². The first-order chi connectivity index (χ1) is 18.0. The van der Waals surface area contributed by atoms with E-state index in [1.54, 1.807) is 20.4 Å². The number of hydrogen-bond donors (Lipinski definition) is 3. The molecule has 1 aromatic heterocycles. The van der Waals surface area contributed by atoms with Crippen molar-refractivity contribution in [2.45, 2.75) is 70.3 Å². The van der Waals surface area contributed by atoms with E-state index in [-0.39, 0.29) is 0 Å². The van der Waals surface area contributed by atoms with Crippen molar-refractivity contribution in [3.05, 3.63) is 41.6 Å². The molecule has 1 atom stereocenters. The van der Waals surface area contributed by atoms with Crippen LogP contribution in [0.25, 0.3) is 17.3 Å². The van der Waals surface area contributed by atoms with Gasteiger partial charge in [0, 0.05) is 23.9 Å². The molecule has 8 nitrogen and oxygen atoms in total. The fourth-order valence-corrected chi connectivity index (χ4v) is 4.65. The van der Waals surface area contributed by atoms with E-state index in [0.717, 1.165) is 44.7 Å². The molecule has 0 amide bonds. The van der Waals surface area contributed by atoms with E-state index in [2.05, 4.69) is 4.98 Å². The van der Waals surface area contributed by atoms with Crippen LogP contribution < -0.4 is 25.7 Å². The molecule has 5 N–H and O–H groups in total. The number of nitrogens with two attached hydrogens (primary N) is 2. The molecule has 1 heterocycles. The highest BCUT2D eigenvalue weighted by Crippen LogP contribution is 2.51. The van der Waals surface area contributed by atoms with Crippen molar-refractivity contribution in [1.29, 1.82) is 0 Å². The molecule has 0 aliphatic carbocycles. The molecule has 2 aromatic rings. The number of rotatable bonds is 18. The van der Waals surface area contributed by atoms with Crippen LogP contribution in [0.15, 0.2) is 30.5 Å². The molecule has 0 spiro atoms. The first-order valence-electron chi connectivity index (χ1n) is 13.1. The molecule has 0 saturated carbocycles. The zero-order valence-electron chi connectivity index (χ0n) is 22.5. The second-order valence-corrected chi connectivity index (χ2v) is 9.05. The fourth-order valence-electron chi connectivity index (χ4n) is 4.65. The Morgan fingerprint density at radius 3 is 2.03 bits per heavy atom. The number of pyridine rings is 1. The normalized spacial score (nSPS) is 12.0. The van der Waals surface area contributed by atoms with E-state index in [9.17, 15) is 9.90 Å². The number of methoxy groups -OCH3 is 3. The van der Waals surface area contributed by atoms with Crippen molar-refractivity contribution in [3.8, 4) is 28.5 Å². The highest BCUT2D eigenvalue weighted by atomic mass is 16.5. The van der Waals surface area contributed by atoms with Gasteiger partial charge in [-0.3, -0.25) is 4.98 Å². The number of nitrogens with zero attached hydrogens (tertiary/aromatic N) is 1. The summed E-state index contributed by atoms with van der Waals surface area (Å²) in [5.41, 5.74) is 14.8. The van der Waals surface area contributed by atoms with Crippen LogP contribution >= 0.6 is 0 Å². The van der Waals surface area contributed by atoms with E-state index in [1.165, 1.54) is 45.3 Å². The van der Waals surface area contributed by atoms with Crippen LogP contribution in [0, 0.1) is 0 Å². The molecule has 2 rings (SSSR count). The molecule has 8 heteroatoms. The molecule has 204 valence electrons. The van der Waals surface area contributed by atoms with E-state index < -0.39 is 12.0 Å². The minimum atomic E-state index is -1.07. The number of carbonyl (C=O) groups is 1. The smallest absolute Gasteiger partial charge is 0.328 e. The van der Waals surface area contributed by atoms with Crippen LogP contribution in [-0.2, 0) is 4.79 Å². The lowest BCUT2D eigenvalue weighted by Crippen LogP contribution is -2.15. The molecular weight excluding hydrogens is 470 g/mol. The van der Waals surface area contributed by atoms with Crippen molar-refractivity contribution < 1.29 is 24.1 Å². The third-order valence-corrected chi connectivity index (χ3v) is 6.46. The molecule has 37 heavy (non-hydrogen) atoms. The summed E-state index contributed by atoms with van der Waals surface area (Å²) in [5, 5.41) is 9.40. The Bertz CT molecular complexity index is 995. The van der Waals surface area contributed by atoms with Crippen molar-refractivity contribution in [3.63, 3.8) is 0 Å². The first kappa shape index (κ1) is 30.1. The highest BCUT2D eigenvalue weighted by molar-refractivity contribution is 5.92. The minimum absolute atomic E-state index is 0.401. The summed E-state index contributed by atoms with van der Waals surface area (Å²) >= 11 is 0. The Morgan fingerprint density at radius 2 is 1.51 bits per heavy atom. The fraction of sp³-hybridized carbons (Fsp3) is 0.517. The van der Waals surface area contributed by atoms with Gasteiger partial charge in [-0.15, -0.1) is 0 Å². The zero-order valence-corrected chi connectivity index (χ0v) is 22.5. The topological polar surface area (TPSA) is 130 Å². The van der Waals surface area contributed by atoms with Gasteiger partial charge >= 0.3 is 5.97 Å². The number of carboxylic acid groups (broad SMARTS) is 1. The second kappa shape index (κ2) is 16.6. The quantitative estimate of drug-likeness (QED) is 0.170. The van der Waals surface area contributed by atoms with Gasteiger partial charge in [0.15, 0.2) is 11.5 Å². The summed E-state index contributed by atoms with van der Waals surface area (Å²) in [7, 11) is 4.62. The van der Waals surface area contributed by atoms with Gasteiger partial charge in [0.05, 0.1) is 32.6 Å². The van der Waals surface area contributed by atoms with Gasteiger partial charge < -0.3 is 30.8 Å². The number of hydrogen-bond acceptors (Lipinski definition) is 7. The highest BCUT2D eigenvalue weighted by Gasteiger charge is 2.29. The lowest BCUT2D eigenvalue weighted by atomic mass is 9.89. The number of ether oxygens (including phenoxy) is 3. The summed E-state index contributed by atoms with van der Waals surface area (Å²) in [5.74, 6) is 0.182. The Morgan fingerprint density at radius 1 is 0.919 bits per heavy atom. The average Bonchev–Trinajstić information content (AvgIpc) is 2.91. The van der Waals surface area contributed by atoms with Gasteiger partial charge in [-0.2, -0.15) is 0 Å². The monoisotopic (exact) mass is 513 g/mol. The molecule has 0 radical (unpaired) electrons. The number of unbranched alkanes of at least 4 members (excludes halogenated alkanes) is 8. The Kier molecular flexibility index (Phi) is 13.5. The number of carboxylic acids is 1. The standard InChI is InChI=1S/C29H43N3O5/c1-35-27-25(22(31)15-11-9-7-5-4-6-8-10-13-19-30)21(17-18-24(33)34)26(23-16-12-14-20-32-23)28(36-2)29(27)37-3/h12,14,16-18,20,22H,4-11,13,15,19,30-31H2,1-3H3,(H,33,34)/b18-17+. The van der Waals surface area contributed by atoms with E-state index >= 15 is 0 Å². The molecule has 1 aromatic carbocycles. The molecule has 0 bridgehead atoms. The number of aromatic nitrogens is 1. The third kappa shape index (κ3) is 8.76. The number of benzene rings is 1. The Hall–Kier alpha value is -3.10. The second-order valence-electron chi connectivity index (χ2n) is 9.05. The van der Waals surface area contributed by atoms with Gasteiger partial charge in [-0.25, -0.2) is 4.79 Å². The summed E-state index contributed by atoms with van der Waals surface area (Å²) in [6.07, 6.45) is 15.5. The van der Waals surface area contributed by atoms with E-state index in [0.29, 0.717) is 39.6 Å². The van der Waals surface area contributed by atoms with Crippen LogP contribution in [0.2, 0.25) is 0 Å². The lowest BCUT2D eigenvalue weighted by molar-refractivity contribution is -0.131. The largest absolute Gasteiger partial charge is 0.492 e. The molecule has 0 aliphatic heterocycles. The van der Waals surface area contributed by atoms with Crippen LogP contribution in [0.4, 0.5) is 0 Å². The minimum Gasteiger partial charge on any atom is -0.492 e. The van der Waals surface area contributed by atoms with Gasteiger partial charge in [0.25, 0.3) is 0 Å². The molecular formula is C29H43N3O5. The Balaban J connectivity index is 2.33. The first-order valence-corrected chi connectivity index (χ1v) is 13.1. The van der Waals surface area contributed by atoms with Crippen LogP contribution in [-0.4, -0.2) is 43.9 Å². The van der Waals surface area contributed by atoms with Gasteiger partial charge in [0.2, 0.25) is 5.75 Å². The van der Waals surface area contributed by atoms with Crippen LogP contribution in [0.3, 0.4) is 0 Å². The molecule has 1 unspecified atom stereocenters. The molecule has 0 saturated heterocycles. The average molecular weight is 514 g/mol. The van der Waals surface area contributed by atoms with Gasteiger partial charge in [-0.1, -0.05) is 57.4 Å². The van der Waals surface area contributed by atoms with Gasteiger partial charge in [-0.05, 0) is 43.2 Å². The zero-order chi connectivity index (χ0) is 27.0. The van der Waals surface area contributed by atoms with Crippen molar-refractivity contribution >= 4 is 12.0 Å². The maximum atomic E-state index is 11.5. The van der Waals surface area contributed by atoms with Crippen molar-refractivity contribution in [2.24, 2.45) is 11.5 Å². The van der Waals surface area contributed by atoms with Crippen molar-refractivity contribution in [2.75, 3.05) is 27.9 Å². The SMILES string of the molecule is COc1c(OC)c(-c2ccccn2)c(/C=C/C(=O)O)c(C(N)CCCCCCCCCCCN)c1OC. The van der Waals surface area contributed by atoms with Crippen LogP contribution in [0.1, 0.15) is 81.4 Å². The summed E-state index contributed by atoms with van der Waals surface area (Å²) in [4.78, 5) is 16.0. The van der Waals surface area contributed by atoms with Crippen LogP contribution in [0.5, 0.6) is 17.2 Å². The molecule has 0 fully saturated rings. The predicted octanol–water partition coefficient (Wildman–Crippen LogP) is 5.73. The maximum absolute atomic E-state index is 11.5. The molecule has 0 aliphatic rings. The maximum Gasteiger partial charge on any atom is 0.328 e. The summed E-state index contributed by atoms with van der Waals surface area (Å²) < 4.78 is 17.2. The number of aliphatic carboxylic acids is 1. The van der Waals surface area contributed by atoms with Crippen molar-refractivity contribution in [1.82, 2.24) is 4.98 Å².